The standard InChI is InChI=1S/C14H19N3OS/c1-9(15-11-4-6-19-7-5-11)10-2-3-12-13(8-10)17-14(18)16-12/h2-3,8-9,11,15H,4-7H2,1H3,(H2,16,17,18). The van der Waals surface area contributed by atoms with Crippen LogP contribution < -0.4 is 11.0 Å². The van der Waals surface area contributed by atoms with Crippen LogP contribution in [0.2, 0.25) is 0 Å². The number of nitrogens with one attached hydrogen (secondary N) is 3. The quantitative estimate of drug-likeness (QED) is 0.807. The third-order valence-electron chi connectivity index (χ3n) is 3.75. The first-order chi connectivity index (χ1) is 9.22. The van der Waals surface area contributed by atoms with Gasteiger partial charge in [-0.25, -0.2) is 4.79 Å². The van der Waals surface area contributed by atoms with E-state index in [1.165, 1.54) is 29.9 Å². The van der Waals surface area contributed by atoms with Crippen molar-refractivity contribution in [2.75, 3.05) is 11.5 Å². The van der Waals surface area contributed by atoms with E-state index in [4.69, 9.17) is 0 Å². The first-order valence-electron chi connectivity index (χ1n) is 6.78. The van der Waals surface area contributed by atoms with Gasteiger partial charge in [0.05, 0.1) is 11.0 Å². The van der Waals surface area contributed by atoms with Crippen molar-refractivity contribution in [1.82, 2.24) is 15.3 Å². The molecule has 1 aromatic heterocycles. The van der Waals surface area contributed by atoms with Crippen LogP contribution in [0, 0.1) is 0 Å². The SMILES string of the molecule is CC(NC1CCSCC1)c1ccc2[nH]c(=O)[nH]c2c1. The summed E-state index contributed by atoms with van der Waals surface area (Å²) in [4.78, 5) is 16.8. The van der Waals surface area contributed by atoms with Crippen LogP contribution in [0.3, 0.4) is 0 Å². The minimum absolute atomic E-state index is 0.142. The predicted molar refractivity (Wildman–Crippen MR) is 80.8 cm³/mol. The molecule has 1 fully saturated rings. The van der Waals surface area contributed by atoms with E-state index in [-0.39, 0.29) is 5.69 Å². The fourth-order valence-electron chi connectivity index (χ4n) is 2.63. The number of thioether (sulfide) groups is 1. The molecule has 0 radical (unpaired) electrons. The molecular weight excluding hydrogens is 258 g/mol. The van der Waals surface area contributed by atoms with E-state index >= 15 is 0 Å². The van der Waals surface area contributed by atoms with Crippen LogP contribution in [0.25, 0.3) is 11.0 Å². The molecule has 3 N–H and O–H groups in total. The van der Waals surface area contributed by atoms with Gasteiger partial charge in [0.25, 0.3) is 0 Å². The van der Waals surface area contributed by atoms with Crippen molar-refractivity contribution in [2.24, 2.45) is 0 Å². The highest BCUT2D eigenvalue weighted by Gasteiger charge is 2.16. The predicted octanol–water partition coefficient (Wildman–Crippen LogP) is 2.40. The number of fused-ring (bicyclic) bond motifs is 1. The molecule has 0 aliphatic carbocycles. The van der Waals surface area contributed by atoms with E-state index in [2.05, 4.69) is 34.3 Å². The molecular formula is C14H19N3OS. The molecule has 0 bridgehead atoms. The summed E-state index contributed by atoms with van der Waals surface area (Å²) in [6, 6.07) is 7.05. The number of hydrogen-bond acceptors (Lipinski definition) is 3. The number of hydrogen-bond donors (Lipinski definition) is 3. The molecule has 19 heavy (non-hydrogen) atoms. The van der Waals surface area contributed by atoms with E-state index in [0.29, 0.717) is 12.1 Å². The lowest BCUT2D eigenvalue weighted by Gasteiger charge is -2.26. The van der Waals surface area contributed by atoms with Gasteiger partial charge >= 0.3 is 5.69 Å². The Morgan fingerprint density at radius 3 is 2.79 bits per heavy atom. The Morgan fingerprint density at radius 2 is 2.00 bits per heavy atom. The summed E-state index contributed by atoms with van der Waals surface area (Å²) in [6.07, 6.45) is 2.50. The molecule has 1 aromatic carbocycles. The number of benzene rings is 1. The number of aromatic amines is 2. The highest BCUT2D eigenvalue weighted by Crippen LogP contribution is 2.22. The van der Waals surface area contributed by atoms with Crippen molar-refractivity contribution in [3.05, 3.63) is 34.2 Å². The Balaban J connectivity index is 1.76. The van der Waals surface area contributed by atoms with E-state index in [1.807, 2.05) is 17.8 Å². The van der Waals surface area contributed by atoms with Crippen molar-refractivity contribution < 1.29 is 0 Å². The second-order valence-electron chi connectivity index (χ2n) is 5.16. The zero-order valence-corrected chi connectivity index (χ0v) is 11.8. The molecule has 1 aliphatic rings. The molecule has 0 spiro atoms. The van der Waals surface area contributed by atoms with Gasteiger partial charge in [0, 0.05) is 12.1 Å². The zero-order chi connectivity index (χ0) is 13.2. The summed E-state index contributed by atoms with van der Waals surface area (Å²) in [5.41, 5.74) is 2.84. The van der Waals surface area contributed by atoms with Gasteiger partial charge in [-0.3, -0.25) is 0 Å². The molecule has 2 heterocycles. The molecule has 5 heteroatoms. The van der Waals surface area contributed by atoms with Gasteiger partial charge in [0.15, 0.2) is 0 Å². The minimum Gasteiger partial charge on any atom is -0.307 e. The average Bonchev–Trinajstić information content (AvgIpc) is 2.78. The van der Waals surface area contributed by atoms with Crippen LogP contribution in [0.5, 0.6) is 0 Å². The van der Waals surface area contributed by atoms with E-state index in [9.17, 15) is 4.79 Å². The third kappa shape index (κ3) is 2.87. The topological polar surface area (TPSA) is 60.7 Å². The summed E-state index contributed by atoms with van der Waals surface area (Å²) in [7, 11) is 0. The van der Waals surface area contributed by atoms with Crippen LogP contribution in [0.1, 0.15) is 31.4 Å². The number of aromatic nitrogens is 2. The first kappa shape index (κ1) is 12.8. The largest absolute Gasteiger partial charge is 0.323 e. The van der Waals surface area contributed by atoms with Gasteiger partial charge in [-0.05, 0) is 49.0 Å². The maximum Gasteiger partial charge on any atom is 0.323 e. The molecule has 4 nitrogen and oxygen atoms in total. The Kier molecular flexibility index (Phi) is 3.66. The average molecular weight is 277 g/mol. The van der Waals surface area contributed by atoms with Gasteiger partial charge in [0.2, 0.25) is 0 Å². The van der Waals surface area contributed by atoms with Crippen molar-refractivity contribution in [3.8, 4) is 0 Å². The zero-order valence-electron chi connectivity index (χ0n) is 11.0. The van der Waals surface area contributed by atoms with E-state index in [0.717, 1.165) is 11.0 Å². The maximum absolute atomic E-state index is 11.3. The van der Waals surface area contributed by atoms with Crippen molar-refractivity contribution in [1.29, 1.82) is 0 Å². The van der Waals surface area contributed by atoms with Crippen molar-refractivity contribution in [2.45, 2.75) is 31.8 Å². The van der Waals surface area contributed by atoms with Gasteiger partial charge in [-0.15, -0.1) is 0 Å². The molecule has 1 unspecified atom stereocenters. The smallest absolute Gasteiger partial charge is 0.307 e. The van der Waals surface area contributed by atoms with Crippen molar-refractivity contribution in [3.63, 3.8) is 0 Å². The second kappa shape index (κ2) is 5.43. The van der Waals surface area contributed by atoms with Gasteiger partial charge in [-0.2, -0.15) is 11.8 Å². The highest BCUT2D eigenvalue weighted by atomic mass is 32.2. The monoisotopic (exact) mass is 277 g/mol. The van der Waals surface area contributed by atoms with Gasteiger partial charge in [0.1, 0.15) is 0 Å². The van der Waals surface area contributed by atoms with Crippen LogP contribution in [-0.2, 0) is 0 Å². The normalized spacial score (nSPS) is 18.8. The van der Waals surface area contributed by atoms with Gasteiger partial charge in [-0.1, -0.05) is 6.07 Å². The molecule has 0 saturated carbocycles. The molecule has 1 saturated heterocycles. The lowest BCUT2D eigenvalue weighted by atomic mass is 10.0. The molecule has 0 amide bonds. The molecule has 3 rings (SSSR count). The summed E-state index contributed by atoms with van der Waals surface area (Å²) in [6.45, 7) is 2.19. The number of H-pyrrole nitrogens is 2. The molecule has 2 aromatic rings. The van der Waals surface area contributed by atoms with Crippen LogP contribution >= 0.6 is 11.8 Å². The fraction of sp³-hybridized carbons (Fsp3) is 0.500. The summed E-state index contributed by atoms with van der Waals surface area (Å²) in [5, 5.41) is 3.69. The third-order valence-corrected chi connectivity index (χ3v) is 4.80. The van der Waals surface area contributed by atoms with Crippen molar-refractivity contribution >= 4 is 22.8 Å². The minimum atomic E-state index is -0.142. The number of rotatable bonds is 3. The summed E-state index contributed by atoms with van der Waals surface area (Å²) >= 11 is 2.04. The Labute approximate surface area is 116 Å². The second-order valence-corrected chi connectivity index (χ2v) is 6.38. The molecule has 102 valence electrons. The summed E-state index contributed by atoms with van der Waals surface area (Å²) < 4.78 is 0. The lowest BCUT2D eigenvalue weighted by Crippen LogP contribution is -2.34. The van der Waals surface area contributed by atoms with Crippen LogP contribution in [0.15, 0.2) is 23.0 Å². The van der Waals surface area contributed by atoms with E-state index in [1.54, 1.807) is 0 Å². The maximum atomic E-state index is 11.3. The first-order valence-corrected chi connectivity index (χ1v) is 7.93. The Bertz CT molecular complexity index is 612. The number of imidazole rings is 1. The highest BCUT2D eigenvalue weighted by molar-refractivity contribution is 7.99. The van der Waals surface area contributed by atoms with Crippen LogP contribution in [-0.4, -0.2) is 27.5 Å². The van der Waals surface area contributed by atoms with Gasteiger partial charge < -0.3 is 15.3 Å². The summed E-state index contributed by atoms with van der Waals surface area (Å²) in [5.74, 6) is 2.52. The van der Waals surface area contributed by atoms with Crippen LogP contribution in [0.4, 0.5) is 0 Å². The Morgan fingerprint density at radius 1 is 1.26 bits per heavy atom. The molecule has 1 atom stereocenters. The van der Waals surface area contributed by atoms with E-state index < -0.39 is 0 Å². The fourth-order valence-corrected chi connectivity index (χ4v) is 3.74. The molecule has 1 aliphatic heterocycles. The Hall–Kier alpha value is -1.20. The lowest BCUT2D eigenvalue weighted by molar-refractivity contribution is 0.431.